The average Bonchev–Trinajstić information content (AvgIpc) is 3.04. The first kappa shape index (κ1) is 21.9. The van der Waals surface area contributed by atoms with Crippen LogP contribution in [0.4, 0.5) is 5.69 Å². The van der Waals surface area contributed by atoms with Crippen molar-refractivity contribution in [3.8, 4) is 5.75 Å². The summed E-state index contributed by atoms with van der Waals surface area (Å²) in [5, 5.41) is 11.4. The van der Waals surface area contributed by atoms with E-state index >= 15 is 0 Å². The number of hydrogen-bond donors (Lipinski definition) is 1. The number of carbonyl (C=O) groups excluding carboxylic acids is 1. The van der Waals surface area contributed by atoms with Gasteiger partial charge in [0.05, 0.1) is 4.92 Å². The first-order valence-electron chi connectivity index (χ1n) is 8.56. The highest BCUT2D eigenvalue weighted by atomic mass is 35.5. The molecule has 1 unspecified atom stereocenters. The van der Waals surface area contributed by atoms with Crippen molar-refractivity contribution in [3.63, 3.8) is 0 Å². The van der Waals surface area contributed by atoms with E-state index in [2.05, 4.69) is 0 Å². The maximum Gasteiger partial charge on any atom is 0.312 e. The minimum absolute atomic E-state index is 0. The van der Waals surface area contributed by atoms with E-state index in [1.165, 1.54) is 18.2 Å². The fourth-order valence-corrected chi connectivity index (χ4v) is 3.46. The molecule has 1 aliphatic rings. The second-order valence-electron chi connectivity index (χ2n) is 6.55. The number of halogens is 2. The Morgan fingerprint density at radius 1 is 1.29 bits per heavy atom. The maximum atomic E-state index is 12.8. The zero-order valence-electron chi connectivity index (χ0n) is 15.2. The number of nitrogens with two attached hydrogens (primary N) is 1. The minimum Gasteiger partial charge on any atom is -0.474 e. The lowest BCUT2D eigenvalue weighted by Crippen LogP contribution is -2.40. The third kappa shape index (κ3) is 4.73. The summed E-state index contributed by atoms with van der Waals surface area (Å²) < 4.78 is 5.58. The molecule has 0 bridgehead atoms. The standard InChI is InChI=1S/C19H20ClN3O4.ClH/c1-12(27-18-8-7-14(20)9-17(18)23(25)26)19(24)22-10-15(16(21)11-22)13-5-3-2-4-6-13;/h2-9,12,15-16H,10-11,21H2,1H3;1H/t12?,15-,16+;/m0./s1. The Morgan fingerprint density at radius 2 is 1.96 bits per heavy atom. The number of carbonyl (C=O) groups is 1. The molecule has 28 heavy (non-hydrogen) atoms. The second-order valence-corrected chi connectivity index (χ2v) is 6.99. The monoisotopic (exact) mass is 425 g/mol. The van der Waals surface area contributed by atoms with Gasteiger partial charge in [0.25, 0.3) is 5.91 Å². The predicted molar refractivity (Wildman–Crippen MR) is 109 cm³/mol. The van der Waals surface area contributed by atoms with E-state index in [-0.39, 0.29) is 46.7 Å². The summed E-state index contributed by atoms with van der Waals surface area (Å²) in [6, 6.07) is 13.7. The van der Waals surface area contributed by atoms with Gasteiger partial charge in [-0.15, -0.1) is 12.4 Å². The number of nitro groups is 1. The molecule has 0 aromatic heterocycles. The molecule has 1 saturated heterocycles. The molecule has 0 aliphatic carbocycles. The lowest BCUT2D eigenvalue weighted by Gasteiger charge is -2.21. The van der Waals surface area contributed by atoms with Crippen molar-refractivity contribution in [1.82, 2.24) is 4.90 Å². The third-order valence-corrected chi connectivity index (χ3v) is 4.91. The van der Waals surface area contributed by atoms with Crippen LogP contribution >= 0.6 is 24.0 Å². The van der Waals surface area contributed by atoms with Gasteiger partial charge in [-0.25, -0.2) is 0 Å². The van der Waals surface area contributed by atoms with Gasteiger partial charge in [0.15, 0.2) is 11.9 Å². The Labute approximate surface area is 174 Å². The molecule has 3 rings (SSSR count). The van der Waals surface area contributed by atoms with Crippen molar-refractivity contribution in [2.24, 2.45) is 5.73 Å². The largest absolute Gasteiger partial charge is 0.474 e. The molecule has 7 nitrogen and oxygen atoms in total. The van der Waals surface area contributed by atoms with Gasteiger partial charge in [-0.1, -0.05) is 41.9 Å². The zero-order valence-corrected chi connectivity index (χ0v) is 16.7. The van der Waals surface area contributed by atoms with Crippen LogP contribution < -0.4 is 10.5 Å². The molecule has 2 N–H and O–H groups in total. The van der Waals surface area contributed by atoms with E-state index < -0.39 is 11.0 Å². The van der Waals surface area contributed by atoms with Gasteiger partial charge in [-0.2, -0.15) is 0 Å². The Kier molecular flexibility index (Phi) is 7.23. The van der Waals surface area contributed by atoms with E-state index in [0.717, 1.165) is 5.56 Å². The van der Waals surface area contributed by atoms with Crippen molar-refractivity contribution < 1.29 is 14.5 Å². The molecule has 0 radical (unpaired) electrons. The van der Waals surface area contributed by atoms with Crippen LogP contribution in [0, 0.1) is 10.1 Å². The molecule has 1 heterocycles. The van der Waals surface area contributed by atoms with Crippen molar-refractivity contribution in [2.75, 3.05) is 13.1 Å². The summed E-state index contributed by atoms with van der Waals surface area (Å²) in [6.07, 6.45) is -0.883. The predicted octanol–water partition coefficient (Wildman–Crippen LogP) is 3.39. The van der Waals surface area contributed by atoms with Gasteiger partial charge in [0, 0.05) is 36.1 Å². The summed E-state index contributed by atoms with van der Waals surface area (Å²) in [6.45, 7) is 2.47. The molecule has 1 aliphatic heterocycles. The van der Waals surface area contributed by atoms with Crippen LogP contribution in [0.5, 0.6) is 5.75 Å². The van der Waals surface area contributed by atoms with Crippen LogP contribution in [0.3, 0.4) is 0 Å². The minimum atomic E-state index is -0.883. The molecule has 0 saturated carbocycles. The topological polar surface area (TPSA) is 98.7 Å². The van der Waals surface area contributed by atoms with Crippen LogP contribution in [0.2, 0.25) is 5.02 Å². The summed E-state index contributed by atoms with van der Waals surface area (Å²) in [7, 11) is 0. The highest BCUT2D eigenvalue weighted by Gasteiger charge is 2.36. The second kappa shape index (κ2) is 9.23. The number of ether oxygens (including phenoxy) is 1. The Hall–Kier alpha value is -2.35. The van der Waals surface area contributed by atoms with Gasteiger partial charge < -0.3 is 15.4 Å². The van der Waals surface area contributed by atoms with E-state index in [1.54, 1.807) is 11.8 Å². The average molecular weight is 426 g/mol. The number of rotatable bonds is 5. The lowest BCUT2D eigenvalue weighted by atomic mass is 9.95. The van der Waals surface area contributed by atoms with Crippen LogP contribution in [-0.2, 0) is 4.79 Å². The Balaban J connectivity index is 0.00000280. The SMILES string of the molecule is CC(Oc1ccc(Cl)cc1[N+](=O)[O-])C(=O)N1C[C@@H](N)[C@H](c2ccccc2)C1.Cl. The van der Waals surface area contributed by atoms with Crippen molar-refractivity contribution >= 4 is 35.6 Å². The molecule has 2 aromatic carbocycles. The Morgan fingerprint density at radius 3 is 2.61 bits per heavy atom. The van der Waals surface area contributed by atoms with Gasteiger partial charge in [0.2, 0.25) is 0 Å². The van der Waals surface area contributed by atoms with Crippen molar-refractivity contribution in [1.29, 1.82) is 0 Å². The van der Waals surface area contributed by atoms with Gasteiger partial charge >= 0.3 is 5.69 Å². The molecule has 3 atom stereocenters. The smallest absolute Gasteiger partial charge is 0.312 e. The normalized spacial score (nSPS) is 19.6. The van der Waals surface area contributed by atoms with E-state index in [9.17, 15) is 14.9 Å². The molecule has 0 spiro atoms. The van der Waals surface area contributed by atoms with Crippen LogP contribution in [0.25, 0.3) is 0 Å². The third-order valence-electron chi connectivity index (χ3n) is 4.67. The molecule has 1 amide bonds. The summed E-state index contributed by atoms with van der Waals surface area (Å²) in [4.78, 5) is 25.0. The van der Waals surface area contributed by atoms with E-state index in [4.69, 9.17) is 22.1 Å². The van der Waals surface area contributed by atoms with Crippen molar-refractivity contribution in [3.05, 3.63) is 69.2 Å². The van der Waals surface area contributed by atoms with Crippen LogP contribution in [-0.4, -0.2) is 41.0 Å². The number of hydrogen-bond acceptors (Lipinski definition) is 5. The molecule has 2 aromatic rings. The van der Waals surface area contributed by atoms with Gasteiger partial charge in [-0.05, 0) is 24.6 Å². The van der Waals surface area contributed by atoms with Crippen molar-refractivity contribution in [2.45, 2.75) is 25.0 Å². The van der Waals surface area contributed by atoms with Crippen LogP contribution in [0.1, 0.15) is 18.4 Å². The molecule has 9 heteroatoms. The van der Waals surface area contributed by atoms with Crippen LogP contribution in [0.15, 0.2) is 48.5 Å². The number of likely N-dealkylation sites (tertiary alicyclic amines) is 1. The molecule has 150 valence electrons. The number of nitro benzene ring substituents is 1. The summed E-state index contributed by atoms with van der Waals surface area (Å²) in [5.74, 6) is -0.200. The lowest BCUT2D eigenvalue weighted by molar-refractivity contribution is -0.386. The van der Waals surface area contributed by atoms with E-state index in [0.29, 0.717) is 13.1 Å². The summed E-state index contributed by atoms with van der Waals surface area (Å²) in [5.41, 5.74) is 7.04. The number of nitrogens with zero attached hydrogens (tertiary/aromatic N) is 2. The zero-order chi connectivity index (χ0) is 19.6. The fourth-order valence-electron chi connectivity index (χ4n) is 3.29. The molecule has 1 fully saturated rings. The molecular formula is C19H21Cl2N3O4. The van der Waals surface area contributed by atoms with Gasteiger partial charge in [-0.3, -0.25) is 14.9 Å². The summed E-state index contributed by atoms with van der Waals surface area (Å²) >= 11 is 5.80. The highest BCUT2D eigenvalue weighted by Crippen LogP contribution is 2.32. The highest BCUT2D eigenvalue weighted by molar-refractivity contribution is 6.30. The first-order valence-corrected chi connectivity index (χ1v) is 8.94. The van der Waals surface area contributed by atoms with Gasteiger partial charge in [0.1, 0.15) is 0 Å². The molecular weight excluding hydrogens is 405 g/mol. The fraction of sp³-hybridized carbons (Fsp3) is 0.316. The quantitative estimate of drug-likeness (QED) is 0.584. The maximum absolute atomic E-state index is 12.8. The van der Waals surface area contributed by atoms with E-state index in [1.807, 2.05) is 30.3 Å². The number of amides is 1. The first-order chi connectivity index (χ1) is 12.9. The Bertz CT molecular complexity index is 850. The number of benzene rings is 2.